The normalized spacial score (nSPS) is 18.1. The Hall–Kier alpha value is -1.62. The molecule has 0 bridgehead atoms. The summed E-state index contributed by atoms with van der Waals surface area (Å²) in [7, 11) is 0. The van der Waals surface area contributed by atoms with Crippen molar-refractivity contribution in [1.29, 1.82) is 0 Å². The number of amides is 1. The minimum atomic E-state index is -0.564. The molecule has 4 nitrogen and oxygen atoms in total. The molecule has 0 aliphatic carbocycles. The zero-order chi connectivity index (χ0) is 17.2. The van der Waals surface area contributed by atoms with Gasteiger partial charge in [-0.15, -0.1) is 0 Å². The maximum absolute atomic E-state index is 13.8. The van der Waals surface area contributed by atoms with Crippen molar-refractivity contribution in [2.24, 2.45) is 5.92 Å². The lowest BCUT2D eigenvalue weighted by atomic mass is 9.97. The number of carbonyl (C=O) groups is 2. The predicted octanol–water partition coefficient (Wildman–Crippen LogP) is 3.85. The largest absolute Gasteiger partial charge is 0.444 e. The molecule has 0 radical (unpaired) electrons. The van der Waals surface area contributed by atoms with Gasteiger partial charge in [0.05, 0.1) is 0 Å². The maximum atomic E-state index is 13.8. The summed E-state index contributed by atoms with van der Waals surface area (Å²) in [6, 6.07) is 4.29. The molecular weight excluding hydrogens is 321 g/mol. The van der Waals surface area contributed by atoms with Crippen LogP contribution >= 0.6 is 11.6 Å². The number of hydrogen-bond acceptors (Lipinski definition) is 3. The van der Waals surface area contributed by atoms with E-state index in [1.54, 1.807) is 26.8 Å². The van der Waals surface area contributed by atoms with Crippen molar-refractivity contribution < 1.29 is 18.7 Å². The van der Waals surface area contributed by atoms with Gasteiger partial charge in [0, 0.05) is 30.5 Å². The molecule has 0 saturated carbocycles. The smallest absolute Gasteiger partial charge is 0.410 e. The fourth-order valence-corrected chi connectivity index (χ4v) is 2.67. The minimum Gasteiger partial charge on any atom is -0.444 e. The molecule has 0 N–H and O–H groups in total. The summed E-state index contributed by atoms with van der Waals surface area (Å²) in [5, 5.41) is 0.302. The molecule has 6 heteroatoms. The van der Waals surface area contributed by atoms with E-state index < -0.39 is 17.5 Å². The van der Waals surface area contributed by atoms with Gasteiger partial charge < -0.3 is 9.64 Å². The number of halogens is 2. The Bertz CT molecular complexity index is 612. The van der Waals surface area contributed by atoms with Crippen LogP contribution in [0.5, 0.6) is 0 Å². The average molecular weight is 342 g/mol. The number of ether oxygens (including phenoxy) is 1. The van der Waals surface area contributed by atoms with Crippen molar-refractivity contribution in [3.63, 3.8) is 0 Å². The molecule has 1 aromatic rings. The second kappa shape index (κ2) is 6.87. The summed E-state index contributed by atoms with van der Waals surface area (Å²) in [5.74, 6) is -0.831. The third kappa shape index (κ3) is 4.93. The van der Waals surface area contributed by atoms with E-state index in [1.165, 1.54) is 17.0 Å². The highest BCUT2D eigenvalue weighted by molar-refractivity contribution is 6.30. The summed E-state index contributed by atoms with van der Waals surface area (Å²) in [5.41, 5.74) is -0.235. The van der Waals surface area contributed by atoms with E-state index in [4.69, 9.17) is 16.3 Å². The lowest BCUT2D eigenvalue weighted by Gasteiger charge is -2.24. The zero-order valence-corrected chi connectivity index (χ0v) is 14.3. The Morgan fingerprint density at radius 3 is 2.70 bits per heavy atom. The van der Waals surface area contributed by atoms with Gasteiger partial charge in [0.2, 0.25) is 0 Å². The van der Waals surface area contributed by atoms with Gasteiger partial charge in [0.15, 0.2) is 0 Å². The topological polar surface area (TPSA) is 46.6 Å². The third-order valence-corrected chi connectivity index (χ3v) is 3.91. The molecule has 1 fully saturated rings. The molecular formula is C17H21ClFNO3. The summed E-state index contributed by atoms with van der Waals surface area (Å²) in [6.45, 7) is 6.20. The molecule has 1 unspecified atom stereocenters. The molecule has 1 aliphatic heterocycles. The quantitative estimate of drug-likeness (QED) is 0.839. The van der Waals surface area contributed by atoms with Crippen LogP contribution in [0.1, 0.15) is 32.8 Å². The first kappa shape index (κ1) is 17.7. The Morgan fingerprint density at radius 2 is 2.09 bits per heavy atom. The molecule has 1 amide bonds. The van der Waals surface area contributed by atoms with Crippen LogP contribution in [-0.4, -0.2) is 35.5 Å². The van der Waals surface area contributed by atoms with Crippen LogP contribution in [0.15, 0.2) is 18.2 Å². The summed E-state index contributed by atoms with van der Waals surface area (Å²) < 4.78 is 19.1. The first-order valence-corrected chi connectivity index (χ1v) is 7.98. The van der Waals surface area contributed by atoms with Crippen LogP contribution < -0.4 is 0 Å². The van der Waals surface area contributed by atoms with Gasteiger partial charge in [-0.05, 0) is 44.9 Å². The van der Waals surface area contributed by atoms with Crippen LogP contribution in [0.3, 0.4) is 0 Å². The molecule has 1 heterocycles. The van der Waals surface area contributed by atoms with Crippen molar-refractivity contribution in [2.75, 3.05) is 13.1 Å². The van der Waals surface area contributed by atoms with Crippen LogP contribution in [0.25, 0.3) is 0 Å². The van der Waals surface area contributed by atoms with Crippen LogP contribution in [0, 0.1) is 11.7 Å². The van der Waals surface area contributed by atoms with Gasteiger partial charge >= 0.3 is 6.09 Å². The Morgan fingerprint density at radius 1 is 1.39 bits per heavy atom. The predicted molar refractivity (Wildman–Crippen MR) is 86.0 cm³/mol. The number of carbonyl (C=O) groups excluding carboxylic acids is 2. The SMILES string of the molecule is CC(C)(C)OC(=O)N1CCC(C(=O)Cc2ccc(Cl)cc2F)C1. The molecule has 0 spiro atoms. The van der Waals surface area contributed by atoms with Gasteiger partial charge in [-0.1, -0.05) is 17.7 Å². The number of likely N-dealkylation sites (tertiary alicyclic amines) is 1. The zero-order valence-electron chi connectivity index (χ0n) is 13.6. The Labute approximate surface area is 140 Å². The molecule has 0 aromatic heterocycles. The average Bonchev–Trinajstić information content (AvgIpc) is 2.90. The summed E-state index contributed by atoms with van der Waals surface area (Å²) >= 11 is 5.70. The van der Waals surface area contributed by atoms with E-state index in [0.29, 0.717) is 30.1 Å². The van der Waals surface area contributed by atoms with Crippen molar-refractivity contribution in [3.8, 4) is 0 Å². The molecule has 23 heavy (non-hydrogen) atoms. The standard InChI is InChI=1S/C17H21ClFNO3/c1-17(2,3)23-16(22)20-7-6-12(10-20)15(21)8-11-4-5-13(18)9-14(11)19/h4-5,9,12H,6-8,10H2,1-3H3. The van der Waals surface area contributed by atoms with Gasteiger partial charge in [-0.25, -0.2) is 9.18 Å². The van der Waals surface area contributed by atoms with Gasteiger partial charge in [0.25, 0.3) is 0 Å². The van der Waals surface area contributed by atoms with Crippen molar-refractivity contribution >= 4 is 23.5 Å². The Kier molecular flexibility index (Phi) is 5.30. The number of rotatable bonds is 3. The number of ketones is 1. The van der Waals surface area contributed by atoms with Crippen molar-refractivity contribution in [2.45, 2.75) is 39.2 Å². The minimum absolute atomic E-state index is 0.00975. The van der Waals surface area contributed by atoms with Gasteiger partial charge in [-0.3, -0.25) is 4.79 Å². The van der Waals surface area contributed by atoms with Gasteiger partial charge in [-0.2, -0.15) is 0 Å². The highest BCUT2D eigenvalue weighted by Gasteiger charge is 2.33. The van der Waals surface area contributed by atoms with Crippen LogP contribution in [0.2, 0.25) is 5.02 Å². The van der Waals surface area contributed by atoms with Crippen LogP contribution in [-0.2, 0) is 16.0 Å². The second-order valence-electron chi connectivity index (χ2n) is 6.79. The van der Waals surface area contributed by atoms with Gasteiger partial charge in [0.1, 0.15) is 17.2 Å². The monoisotopic (exact) mass is 341 g/mol. The van der Waals surface area contributed by atoms with E-state index in [-0.39, 0.29) is 18.1 Å². The summed E-state index contributed by atoms with van der Waals surface area (Å²) in [4.78, 5) is 25.9. The second-order valence-corrected chi connectivity index (χ2v) is 7.23. The van der Waals surface area contributed by atoms with Crippen LogP contribution in [0.4, 0.5) is 9.18 Å². The molecule has 1 aliphatic rings. The van der Waals surface area contributed by atoms with Crippen molar-refractivity contribution in [1.82, 2.24) is 4.90 Å². The van der Waals surface area contributed by atoms with E-state index in [9.17, 15) is 14.0 Å². The fraction of sp³-hybridized carbons (Fsp3) is 0.529. The first-order valence-electron chi connectivity index (χ1n) is 7.60. The molecule has 1 atom stereocenters. The Balaban J connectivity index is 1.93. The molecule has 2 rings (SSSR count). The third-order valence-electron chi connectivity index (χ3n) is 3.68. The molecule has 1 aromatic carbocycles. The maximum Gasteiger partial charge on any atom is 0.410 e. The lowest BCUT2D eigenvalue weighted by molar-refractivity contribution is -0.121. The number of nitrogens with zero attached hydrogens (tertiary/aromatic N) is 1. The molecule has 126 valence electrons. The van der Waals surface area contributed by atoms with E-state index in [0.717, 1.165) is 0 Å². The number of benzene rings is 1. The lowest BCUT2D eigenvalue weighted by Crippen LogP contribution is -2.36. The van der Waals surface area contributed by atoms with E-state index in [1.807, 2.05) is 0 Å². The number of hydrogen-bond donors (Lipinski definition) is 0. The number of Topliss-reactive ketones (excluding diaryl/α,β-unsaturated/α-hetero) is 1. The highest BCUT2D eigenvalue weighted by atomic mass is 35.5. The van der Waals surface area contributed by atoms with Crippen molar-refractivity contribution in [3.05, 3.63) is 34.6 Å². The molecule has 1 saturated heterocycles. The first-order chi connectivity index (χ1) is 10.7. The highest BCUT2D eigenvalue weighted by Crippen LogP contribution is 2.23. The fourth-order valence-electron chi connectivity index (χ4n) is 2.51. The summed E-state index contributed by atoms with van der Waals surface area (Å²) in [6.07, 6.45) is 0.175. The van der Waals surface area contributed by atoms with E-state index >= 15 is 0 Å². The van der Waals surface area contributed by atoms with E-state index in [2.05, 4.69) is 0 Å².